The van der Waals surface area contributed by atoms with E-state index in [-0.39, 0.29) is 10.8 Å². The zero-order valence-corrected chi connectivity index (χ0v) is 12.9. The first-order valence-electron chi connectivity index (χ1n) is 5.82. The standard InChI is InChI=1S/C6H4Cl2O.C4H8O2.C3H9N/c7-4-1-2-6(9)5(8)3-4;1-2-3-4(5)6;1-3(2)4/h1-3,9H;2-3H2,1H3,(H,5,6);3H,4H2,1-2H3. The van der Waals surface area contributed by atoms with Gasteiger partial charge in [0.05, 0.1) is 5.02 Å². The number of carbonyl (C=O) groups is 1. The van der Waals surface area contributed by atoms with Crippen LogP contribution >= 0.6 is 23.2 Å². The Balaban J connectivity index is 0. The lowest BCUT2D eigenvalue weighted by atomic mass is 10.3. The van der Waals surface area contributed by atoms with Crippen molar-refractivity contribution in [2.24, 2.45) is 5.73 Å². The summed E-state index contributed by atoms with van der Waals surface area (Å²) in [5.41, 5.74) is 5.11. The van der Waals surface area contributed by atoms with Crippen LogP contribution in [0.3, 0.4) is 0 Å². The molecule has 4 nitrogen and oxygen atoms in total. The molecular weight excluding hydrogens is 289 g/mol. The van der Waals surface area contributed by atoms with Crippen molar-refractivity contribution in [1.29, 1.82) is 0 Å². The lowest BCUT2D eigenvalue weighted by Gasteiger charge is -1.93. The van der Waals surface area contributed by atoms with E-state index in [0.717, 1.165) is 6.42 Å². The molecule has 0 radical (unpaired) electrons. The van der Waals surface area contributed by atoms with Crippen molar-refractivity contribution >= 4 is 29.2 Å². The Bertz CT molecular complexity index is 368. The Morgan fingerprint density at radius 2 is 1.84 bits per heavy atom. The smallest absolute Gasteiger partial charge is 0.303 e. The Labute approximate surface area is 124 Å². The summed E-state index contributed by atoms with van der Waals surface area (Å²) >= 11 is 11.0. The number of carboxylic acid groups (broad SMARTS) is 1. The molecule has 1 aromatic carbocycles. The third-order valence-electron chi connectivity index (χ3n) is 1.37. The fourth-order valence-electron chi connectivity index (χ4n) is 0.695. The van der Waals surface area contributed by atoms with Crippen LogP contribution < -0.4 is 5.73 Å². The highest BCUT2D eigenvalue weighted by atomic mass is 35.5. The van der Waals surface area contributed by atoms with Crippen LogP contribution in [0.4, 0.5) is 0 Å². The molecule has 0 atom stereocenters. The second-order valence-corrected chi connectivity index (χ2v) is 4.83. The first-order valence-corrected chi connectivity index (χ1v) is 6.57. The van der Waals surface area contributed by atoms with Crippen molar-refractivity contribution in [2.45, 2.75) is 39.7 Å². The van der Waals surface area contributed by atoms with Gasteiger partial charge in [0.25, 0.3) is 0 Å². The highest BCUT2D eigenvalue weighted by molar-refractivity contribution is 6.35. The van der Waals surface area contributed by atoms with Crippen LogP contribution in [-0.4, -0.2) is 22.2 Å². The SMILES string of the molecule is CC(C)N.CCCC(=O)O.Oc1ccc(Cl)cc1Cl. The van der Waals surface area contributed by atoms with Crippen LogP contribution in [0.25, 0.3) is 0 Å². The van der Waals surface area contributed by atoms with Gasteiger partial charge in [0.1, 0.15) is 5.75 Å². The first kappa shape index (κ1) is 20.3. The predicted molar refractivity (Wildman–Crippen MR) is 80.0 cm³/mol. The number of halogens is 2. The summed E-state index contributed by atoms with van der Waals surface area (Å²) in [6, 6.07) is 4.84. The number of nitrogens with two attached hydrogens (primary N) is 1. The molecule has 0 heterocycles. The average molecular weight is 310 g/mol. The number of aromatic hydroxyl groups is 1. The van der Waals surface area contributed by atoms with E-state index < -0.39 is 5.97 Å². The van der Waals surface area contributed by atoms with Crippen LogP contribution in [0, 0.1) is 0 Å². The highest BCUT2D eigenvalue weighted by Crippen LogP contribution is 2.25. The van der Waals surface area contributed by atoms with Crippen molar-refractivity contribution in [3.8, 4) is 5.75 Å². The van der Waals surface area contributed by atoms with Crippen LogP contribution in [0.1, 0.15) is 33.6 Å². The van der Waals surface area contributed by atoms with Gasteiger partial charge in [-0.15, -0.1) is 0 Å². The number of carboxylic acids is 1. The van der Waals surface area contributed by atoms with E-state index in [1.807, 2.05) is 20.8 Å². The zero-order chi connectivity index (χ0) is 15.4. The van der Waals surface area contributed by atoms with Gasteiger partial charge in [0.2, 0.25) is 0 Å². The molecular formula is C13H21Cl2NO3. The van der Waals surface area contributed by atoms with Crippen molar-refractivity contribution in [2.75, 3.05) is 0 Å². The number of phenolic OH excluding ortho intramolecular Hbond substituents is 1. The van der Waals surface area contributed by atoms with Crippen molar-refractivity contribution in [3.63, 3.8) is 0 Å². The van der Waals surface area contributed by atoms with Crippen LogP contribution in [0.15, 0.2) is 18.2 Å². The van der Waals surface area contributed by atoms with Gasteiger partial charge in [0.15, 0.2) is 0 Å². The van der Waals surface area contributed by atoms with Crippen molar-refractivity contribution in [3.05, 3.63) is 28.2 Å². The molecule has 0 unspecified atom stereocenters. The maximum absolute atomic E-state index is 9.60. The number of phenols is 1. The van der Waals surface area contributed by atoms with Crippen LogP contribution in [0.5, 0.6) is 5.75 Å². The van der Waals surface area contributed by atoms with E-state index in [0.29, 0.717) is 17.5 Å². The minimum atomic E-state index is -0.711. The molecule has 0 fully saturated rings. The summed E-state index contributed by atoms with van der Waals surface area (Å²) in [6.45, 7) is 5.73. The minimum Gasteiger partial charge on any atom is -0.506 e. The van der Waals surface area contributed by atoms with E-state index in [9.17, 15) is 4.79 Å². The maximum atomic E-state index is 9.60. The van der Waals surface area contributed by atoms with Gasteiger partial charge in [-0.1, -0.05) is 44.0 Å². The molecule has 4 N–H and O–H groups in total. The van der Waals surface area contributed by atoms with E-state index in [1.165, 1.54) is 12.1 Å². The third kappa shape index (κ3) is 17.0. The highest BCUT2D eigenvalue weighted by Gasteiger charge is 1.95. The molecule has 0 bridgehead atoms. The maximum Gasteiger partial charge on any atom is 0.303 e. The molecule has 0 spiro atoms. The number of rotatable bonds is 2. The molecule has 1 rings (SSSR count). The summed E-state index contributed by atoms with van der Waals surface area (Å²) in [6.07, 6.45) is 1.02. The third-order valence-corrected chi connectivity index (χ3v) is 1.91. The van der Waals surface area contributed by atoms with Crippen LogP contribution in [-0.2, 0) is 4.79 Å². The van der Waals surface area contributed by atoms with Crippen molar-refractivity contribution in [1.82, 2.24) is 0 Å². The fourth-order valence-corrected chi connectivity index (χ4v) is 1.10. The Morgan fingerprint density at radius 3 is 2.05 bits per heavy atom. The zero-order valence-electron chi connectivity index (χ0n) is 11.4. The number of benzene rings is 1. The molecule has 110 valence electrons. The summed E-state index contributed by atoms with van der Waals surface area (Å²) in [5, 5.41) is 17.6. The largest absolute Gasteiger partial charge is 0.506 e. The molecule has 19 heavy (non-hydrogen) atoms. The van der Waals surface area contributed by atoms with Crippen LogP contribution in [0.2, 0.25) is 10.0 Å². The number of hydrogen-bond acceptors (Lipinski definition) is 3. The molecule has 0 amide bonds. The van der Waals surface area contributed by atoms with Gasteiger partial charge >= 0.3 is 5.97 Å². The number of aliphatic carboxylic acids is 1. The normalized spacial score (nSPS) is 9.00. The molecule has 0 aliphatic heterocycles. The van der Waals surface area contributed by atoms with E-state index in [1.54, 1.807) is 6.07 Å². The van der Waals surface area contributed by atoms with E-state index in [4.69, 9.17) is 39.1 Å². The van der Waals surface area contributed by atoms with Gasteiger partial charge in [-0.2, -0.15) is 0 Å². The summed E-state index contributed by atoms with van der Waals surface area (Å²) < 4.78 is 0. The average Bonchev–Trinajstić information content (AvgIpc) is 2.24. The lowest BCUT2D eigenvalue weighted by Crippen LogP contribution is -2.06. The van der Waals surface area contributed by atoms with Gasteiger partial charge in [0, 0.05) is 11.4 Å². The first-order chi connectivity index (χ1) is 8.70. The summed E-state index contributed by atoms with van der Waals surface area (Å²) in [4.78, 5) is 9.60. The fraction of sp³-hybridized carbons (Fsp3) is 0.462. The minimum absolute atomic E-state index is 0.0565. The van der Waals surface area contributed by atoms with E-state index >= 15 is 0 Å². The Hall–Kier alpha value is -0.970. The molecule has 0 aliphatic rings. The van der Waals surface area contributed by atoms with Gasteiger partial charge in [-0.3, -0.25) is 4.79 Å². The Morgan fingerprint density at radius 1 is 1.37 bits per heavy atom. The molecule has 0 saturated carbocycles. The molecule has 6 heteroatoms. The molecule has 0 aliphatic carbocycles. The summed E-state index contributed by atoms with van der Waals surface area (Å²) in [7, 11) is 0. The van der Waals surface area contributed by atoms with Gasteiger partial charge < -0.3 is 15.9 Å². The summed E-state index contributed by atoms with van der Waals surface area (Å²) in [5.74, 6) is -0.654. The van der Waals surface area contributed by atoms with Gasteiger partial charge in [-0.05, 0) is 30.7 Å². The van der Waals surface area contributed by atoms with Crippen molar-refractivity contribution < 1.29 is 15.0 Å². The second kappa shape index (κ2) is 12.1. The molecule has 0 aromatic heterocycles. The monoisotopic (exact) mass is 309 g/mol. The second-order valence-electron chi connectivity index (χ2n) is 3.98. The molecule has 1 aromatic rings. The lowest BCUT2D eigenvalue weighted by molar-refractivity contribution is -0.137. The predicted octanol–water partition coefficient (Wildman–Crippen LogP) is 3.92. The Kier molecular flexibility index (Phi) is 12.9. The number of hydrogen-bond donors (Lipinski definition) is 3. The quantitative estimate of drug-likeness (QED) is 0.773. The molecule has 0 saturated heterocycles. The van der Waals surface area contributed by atoms with Gasteiger partial charge in [-0.25, -0.2) is 0 Å². The van der Waals surface area contributed by atoms with E-state index in [2.05, 4.69) is 0 Å². The topological polar surface area (TPSA) is 83.6 Å².